The summed E-state index contributed by atoms with van der Waals surface area (Å²) in [5, 5.41) is 2.99. The van der Waals surface area contributed by atoms with Gasteiger partial charge in [0.1, 0.15) is 0 Å². The summed E-state index contributed by atoms with van der Waals surface area (Å²) in [4.78, 5) is 11.9. The number of amides is 1. The van der Waals surface area contributed by atoms with Crippen LogP contribution < -0.4 is 11.1 Å². The van der Waals surface area contributed by atoms with Crippen LogP contribution >= 0.6 is 11.8 Å². The molecule has 0 saturated carbocycles. The number of hydrogen-bond donors (Lipinski definition) is 2. The Kier molecular flexibility index (Phi) is 6.95. The van der Waals surface area contributed by atoms with Gasteiger partial charge in [-0.3, -0.25) is 4.79 Å². The normalized spacial score (nSPS) is 13.9. The highest BCUT2D eigenvalue weighted by atomic mass is 32.2. The van der Waals surface area contributed by atoms with E-state index in [4.69, 9.17) is 5.73 Å². The molecule has 1 rings (SSSR count). The molecule has 1 aromatic rings. The van der Waals surface area contributed by atoms with Gasteiger partial charge >= 0.3 is 0 Å². The van der Waals surface area contributed by atoms with Crippen LogP contribution in [0, 0.1) is 6.92 Å². The molecule has 1 aromatic carbocycles. The predicted molar refractivity (Wildman–Crippen MR) is 83.5 cm³/mol. The van der Waals surface area contributed by atoms with Gasteiger partial charge in [-0.15, -0.1) is 0 Å². The lowest BCUT2D eigenvalue weighted by atomic mass is 10.0. The van der Waals surface area contributed by atoms with Crippen molar-refractivity contribution >= 4 is 17.7 Å². The molecule has 0 aromatic heterocycles. The molecule has 0 heterocycles. The van der Waals surface area contributed by atoms with Gasteiger partial charge < -0.3 is 11.1 Å². The second-order valence-electron chi connectivity index (χ2n) is 4.93. The maximum Gasteiger partial charge on any atom is 0.237 e. The highest BCUT2D eigenvalue weighted by molar-refractivity contribution is 7.98. The van der Waals surface area contributed by atoms with Crippen LogP contribution in [0.1, 0.15) is 24.5 Å². The maximum absolute atomic E-state index is 11.9. The minimum atomic E-state index is -0.397. The number of carbonyl (C=O) groups is 1. The van der Waals surface area contributed by atoms with E-state index < -0.39 is 6.04 Å². The van der Waals surface area contributed by atoms with Gasteiger partial charge in [-0.05, 0) is 49.8 Å². The number of rotatable bonds is 7. The van der Waals surface area contributed by atoms with Crippen molar-refractivity contribution in [2.45, 2.75) is 38.8 Å². The minimum Gasteiger partial charge on any atom is -0.352 e. The second kappa shape index (κ2) is 8.23. The number of nitrogens with one attached hydrogen (secondary N) is 1. The van der Waals surface area contributed by atoms with Crippen molar-refractivity contribution in [3.63, 3.8) is 0 Å². The summed E-state index contributed by atoms with van der Waals surface area (Å²) < 4.78 is 0. The summed E-state index contributed by atoms with van der Waals surface area (Å²) >= 11 is 1.71. The van der Waals surface area contributed by atoms with Crippen molar-refractivity contribution in [2.75, 3.05) is 12.0 Å². The third-order valence-electron chi connectivity index (χ3n) is 3.15. The van der Waals surface area contributed by atoms with Crippen LogP contribution in [-0.4, -0.2) is 30.0 Å². The van der Waals surface area contributed by atoms with E-state index >= 15 is 0 Å². The summed E-state index contributed by atoms with van der Waals surface area (Å²) in [6.07, 6.45) is 3.59. The summed E-state index contributed by atoms with van der Waals surface area (Å²) in [5.41, 5.74) is 8.38. The van der Waals surface area contributed by atoms with Gasteiger partial charge in [0, 0.05) is 6.04 Å². The van der Waals surface area contributed by atoms with E-state index in [0.29, 0.717) is 0 Å². The first kappa shape index (κ1) is 16.1. The van der Waals surface area contributed by atoms with Crippen LogP contribution in [0.2, 0.25) is 0 Å². The Morgan fingerprint density at radius 1 is 1.42 bits per heavy atom. The van der Waals surface area contributed by atoms with Gasteiger partial charge in [0.2, 0.25) is 5.91 Å². The molecule has 3 nitrogen and oxygen atoms in total. The average Bonchev–Trinajstić information content (AvgIpc) is 2.38. The molecule has 0 aliphatic carbocycles. The average molecular weight is 280 g/mol. The van der Waals surface area contributed by atoms with Gasteiger partial charge in [-0.25, -0.2) is 0 Å². The van der Waals surface area contributed by atoms with E-state index in [1.54, 1.807) is 11.8 Å². The zero-order chi connectivity index (χ0) is 14.3. The fourth-order valence-electron chi connectivity index (χ4n) is 1.95. The van der Waals surface area contributed by atoms with Crippen molar-refractivity contribution in [1.29, 1.82) is 0 Å². The van der Waals surface area contributed by atoms with E-state index in [9.17, 15) is 4.79 Å². The first-order chi connectivity index (χ1) is 9.04. The molecule has 0 fully saturated rings. The lowest BCUT2D eigenvalue weighted by Crippen LogP contribution is -2.45. The SMILES string of the molecule is CSCC[C@H](N)C(=O)NC(C)Cc1ccccc1C. The van der Waals surface area contributed by atoms with Crippen LogP contribution in [0.4, 0.5) is 0 Å². The van der Waals surface area contributed by atoms with Crippen molar-refractivity contribution in [3.05, 3.63) is 35.4 Å². The number of hydrogen-bond acceptors (Lipinski definition) is 3. The fraction of sp³-hybridized carbons (Fsp3) is 0.533. The first-order valence-electron chi connectivity index (χ1n) is 6.64. The van der Waals surface area contributed by atoms with Gasteiger partial charge in [-0.1, -0.05) is 24.3 Å². The van der Waals surface area contributed by atoms with Gasteiger partial charge in [0.25, 0.3) is 0 Å². The summed E-state index contributed by atoms with van der Waals surface area (Å²) in [6.45, 7) is 4.11. The molecular weight excluding hydrogens is 256 g/mol. The molecule has 4 heteroatoms. The highest BCUT2D eigenvalue weighted by Crippen LogP contribution is 2.09. The first-order valence-corrected chi connectivity index (χ1v) is 8.03. The van der Waals surface area contributed by atoms with E-state index in [1.165, 1.54) is 11.1 Å². The standard InChI is InChI=1S/C15H24N2OS/c1-11-6-4-5-7-13(11)10-12(2)17-15(18)14(16)8-9-19-3/h4-7,12,14H,8-10,16H2,1-3H3,(H,17,18)/t12?,14-/m0/s1. The largest absolute Gasteiger partial charge is 0.352 e. The lowest BCUT2D eigenvalue weighted by Gasteiger charge is -2.18. The van der Waals surface area contributed by atoms with Gasteiger partial charge in [-0.2, -0.15) is 11.8 Å². The van der Waals surface area contributed by atoms with Crippen molar-refractivity contribution in [1.82, 2.24) is 5.32 Å². The lowest BCUT2D eigenvalue weighted by molar-refractivity contribution is -0.122. The second-order valence-corrected chi connectivity index (χ2v) is 5.91. The zero-order valence-electron chi connectivity index (χ0n) is 12.0. The third-order valence-corrected chi connectivity index (χ3v) is 3.79. The van der Waals surface area contributed by atoms with Crippen LogP contribution in [0.15, 0.2) is 24.3 Å². The summed E-state index contributed by atoms with van der Waals surface area (Å²) in [7, 11) is 0. The molecule has 0 spiro atoms. The number of aryl methyl sites for hydroxylation is 1. The van der Waals surface area contributed by atoms with Crippen molar-refractivity contribution < 1.29 is 4.79 Å². The molecule has 106 valence electrons. The van der Waals surface area contributed by atoms with Gasteiger partial charge in [0.15, 0.2) is 0 Å². The molecule has 0 radical (unpaired) electrons. The maximum atomic E-state index is 11.9. The fourth-order valence-corrected chi connectivity index (χ4v) is 2.44. The number of benzene rings is 1. The Bertz CT molecular complexity index is 409. The highest BCUT2D eigenvalue weighted by Gasteiger charge is 2.15. The van der Waals surface area contributed by atoms with Crippen LogP contribution in [-0.2, 0) is 11.2 Å². The molecule has 0 aliphatic heterocycles. The predicted octanol–water partition coefficient (Wildman–Crippen LogP) is 2.12. The monoisotopic (exact) mass is 280 g/mol. The number of nitrogens with two attached hydrogens (primary N) is 1. The van der Waals surface area contributed by atoms with E-state index in [0.717, 1.165) is 18.6 Å². The molecule has 19 heavy (non-hydrogen) atoms. The Morgan fingerprint density at radius 2 is 2.11 bits per heavy atom. The Hall–Kier alpha value is -1.00. The van der Waals surface area contributed by atoms with Crippen molar-refractivity contribution in [3.8, 4) is 0 Å². The van der Waals surface area contributed by atoms with E-state index in [-0.39, 0.29) is 11.9 Å². The Balaban J connectivity index is 2.45. The molecular formula is C15H24N2OS. The van der Waals surface area contributed by atoms with Crippen LogP contribution in [0.5, 0.6) is 0 Å². The van der Waals surface area contributed by atoms with Gasteiger partial charge in [0.05, 0.1) is 6.04 Å². The topological polar surface area (TPSA) is 55.1 Å². The minimum absolute atomic E-state index is 0.0462. The number of thioether (sulfide) groups is 1. The Labute approximate surface area is 120 Å². The van der Waals surface area contributed by atoms with Crippen LogP contribution in [0.25, 0.3) is 0 Å². The molecule has 1 unspecified atom stereocenters. The zero-order valence-corrected chi connectivity index (χ0v) is 12.8. The van der Waals surface area contributed by atoms with E-state index in [2.05, 4.69) is 24.4 Å². The van der Waals surface area contributed by atoms with E-state index in [1.807, 2.05) is 25.3 Å². The third kappa shape index (κ3) is 5.66. The number of carbonyl (C=O) groups excluding carboxylic acids is 1. The molecule has 2 atom stereocenters. The Morgan fingerprint density at radius 3 is 2.74 bits per heavy atom. The molecule has 0 saturated heterocycles. The quantitative estimate of drug-likeness (QED) is 0.804. The summed E-state index contributed by atoms with van der Waals surface area (Å²) in [6, 6.07) is 7.96. The molecule has 0 bridgehead atoms. The molecule has 0 aliphatic rings. The molecule has 3 N–H and O–H groups in total. The van der Waals surface area contributed by atoms with Crippen LogP contribution in [0.3, 0.4) is 0 Å². The smallest absolute Gasteiger partial charge is 0.237 e. The summed E-state index contributed by atoms with van der Waals surface area (Å²) in [5.74, 6) is 0.871. The molecule has 1 amide bonds. The van der Waals surface area contributed by atoms with Crippen molar-refractivity contribution in [2.24, 2.45) is 5.73 Å².